The quantitative estimate of drug-likeness (QED) is 0.526. The fraction of sp³-hybridized carbons (Fsp3) is 1.00. The first kappa shape index (κ1) is 7.32. The normalized spacial score (nSPS) is 43.7. The Labute approximate surface area is 60.1 Å². The van der Waals surface area contributed by atoms with E-state index in [1.807, 2.05) is 13.8 Å². The number of ether oxygens (including phenoxy) is 2. The number of alkyl halides is 1. The Balaban J connectivity index is 2.45. The molecule has 2 atom stereocenters. The first-order valence-corrected chi connectivity index (χ1v) is 3.57. The minimum atomic E-state index is -0.527. The molecule has 1 rings (SSSR count). The summed E-state index contributed by atoms with van der Waals surface area (Å²) in [6.45, 7) is 4.48. The summed E-state index contributed by atoms with van der Waals surface area (Å²) in [5.41, 5.74) is 0. The summed E-state index contributed by atoms with van der Waals surface area (Å²) in [7, 11) is 0. The van der Waals surface area contributed by atoms with Gasteiger partial charge in [0.2, 0.25) is 0 Å². The van der Waals surface area contributed by atoms with Crippen molar-refractivity contribution in [1.82, 2.24) is 0 Å². The molecule has 1 aliphatic rings. The van der Waals surface area contributed by atoms with Crippen LogP contribution in [-0.4, -0.2) is 24.4 Å². The van der Waals surface area contributed by atoms with Gasteiger partial charge in [0, 0.05) is 0 Å². The molecule has 0 unspecified atom stereocenters. The van der Waals surface area contributed by atoms with Gasteiger partial charge in [-0.15, -0.1) is 11.6 Å². The maximum Gasteiger partial charge on any atom is 0.179 e. The number of halogens is 1. The van der Waals surface area contributed by atoms with E-state index in [1.54, 1.807) is 0 Å². The van der Waals surface area contributed by atoms with Crippen LogP contribution in [0.3, 0.4) is 0 Å². The van der Waals surface area contributed by atoms with E-state index in [-0.39, 0.29) is 6.10 Å². The Morgan fingerprint density at radius 3 is 2.67 bits per heavy atom. The first-order chi connectivity index (χ1) is 4.16. The van der Waals surface area contributed by atoms with Crippen molar-refractivity contribution in [3.8, 4) is 0 Å². The summed E-state index contributed by atoms with van der Waals surface area (Å²) < 4.78 is 10.6. The Morgan fingerprint density at radius 2 is 2.44 bits per heavy atom. The lowest BCUT2D eigenvalue weighted by molar-refractivity contribution is -0.133. The van der Waals surface area contributed by atoms with Crippen LogP contribution >= 0.6 is 11.6 Å². The predicted octanol–water partition coefficient (Wildman–Crippen LogP) is 1.38. The molecule has 9 heavy (non-hydrogen) atoms. The van der Waals surface area contributed by atoms with Crippen LogP contribution in [0, 0.1) is 0 Å². The van der Waals surface area contributed by atoms with Crippen molar-refractivity contribution in [3.63, 3.8) is 0 Å². The van der Waals surface area contributed by atoms with Gasteiger partial charge in [0.1, 0.15) is 0 Å². The van der Waals surface area contributed by atoms with Gasteiger partial charge in [-0.1, -0.05) is 0 Å². The maximum absolute atomic E-state index is 5.56. The average Bonchev–Trinajstić information content (AvgIpc) is 2.13. The van der Waals surface area contributed by atoms with Crippen molar-refractivity contribution < 1.29 is 9.47 Å². The monoisotopic (exact) mass is 150 g/mol. The van der Waals surface area contributed by atoms with Crippen LogP contribution in [0.15, 0.2) is 0 Å². The van der Waals surface area contributed by atoms with Crippen LogP contribution in [0.1, 0.15) is 13.8 Å². The van der Waals surface area contributed by atoms with Crippen molar-refractivity contribution in [2.75, 3.05) is 12.5 Å². The van der Waals surface area contributed by atoms with Crippen molar-refractivity contribution >= 4 is 11.6 Å². The predicted molar refractivity (Wildman–Crippen MR) is 35.6 cm³/mol. The molecule has 0 saturated carbocycles. The van der Waals surface area contributed by atoms with Crippen LogP contribution in [0.4, 0.5) is 0 Å². The van der Waals surface area contributed by atoms with Gasteiger partial charge in [0.25, 0.3) is 0 Å². The molecule has 1 heterocycles. The lowest BCUT2D eigenvalue weighted by Crippen LogP contribution is -2.28. The highest BCUT2D eigenvalue weighted by Crippen LogP contribution is 2.23. The van der Waals surface area contributed by atoms with E-state index in [4.69, 9.17) is 21.1 Å². The number of hydrogen-bond donors (Lipinski definition) is 0. The molecule has 0 aromatic carbocycles. The van der Waals surface area contributed by atoms with Gasteiger partial charge in [0.05, 0.1) is 18.6 Å². The molecule has 0 bridgehead atoms. The van der Waals surface area contributed by atoms with Crippen molar-refractivity contribution in [1.29, 1.82) is 0 Å². The first-order valence-electron chi connectivity index (χ1n) is 3.04. The largest absolute Gasteiger partial charge is 0.346 e. The molecule has 54 valence electrons. The van der Waals surface area contributed by atoms with Crippen molar-refractivity contribution in [3.05, 3.63) is 0 Å². The van der Waals surface area contributed by atoms with Crippen LogP contribution in [0.25, 0.3) is 0 Å². The third-order valence-electron chi connectivity index (χ3n) is 1.32. The summed E-state index contributed by atoms with van der Waals surface area (Å²) in [4.78, 5) is 0. The number of hydrogen-bond acceptors (Lipinski definition) is 2. The van der Waals surface area contributed by atoms with Crippen LogP contribution in [0.2, 0.25) is 0 Å². The second-order valence-corrected chi connectivity index (χ2v) is 2.77. The van der Waals surface area contributed by atoms with Crippen molar-refractivity contribution in [2.45, 2.75) is 25.7 Å². The summed E-state index contributed by atoms with van der Waals surface area (Å²) in [6, 6.07) is 0. The van der Waals surface area contributed by atoms with E-state index >= 15 is 0 Å². The van der Waals surface area contributed by atoms with Crippen LogP contribution in [-0.2, 0) is 9.47 Å². The Hall–Kier alpha value is 0.210. The summed E-state index contributed by atoms with van der Waals surface area (Å²) in [5.74, 6) is -0.127. The minimum absolute atomic E-state index is 0.189. The highest BCUT2D eigenvalue weighted by molar-refractivity contribution is 6.18. The lowest BCUT2D eigenvalue weighted by atomic mass is 10.4. The standard InChI is InChI=1S/C6H11ClO2/c1-5-3-8-6(2,4-7)9-5/h5H,3-4H2,1-2H3/t5-,6+/m0/s1. The van der Waals surface area contributed by atoms with Gasteiger partial charge in [-0.3, -0.25) is 0 Å². The SMILES string of the molecule is C[C@H]1CO[C@@](C)(CCl)O1. The molecule has 0 aromatic rings. The molecule has 0 spiro atoms. The molecule has 0 aliphatic carbocycles. The van der Waals surface area contributed by atoms with Crippen LogP contribution < -0.4 is 0 Å². The molecule has 3 heteroatoms. The van der Waals surface area contributed by atoms with Gasteiger partial charge >= 0.3 is 0 Å². The third-order valence-corrected chi connectivity index (χ3v) is 1.80. The molecule has 0 aromatic heterocycles. The van der Waals surface area contributed by atoms with Gasteiger partial charge in [0.15, 0.2) is 5.79 Å². The van der Waals surface area contributed by atoms with E-state index in [0.717, 1.165) is 0 Å². The minimum Gasteiger partial charge on any atom is -0.346 e. The molecular formula is C6H11ClO2. The van der Waals surface area contributed by atoms with Gasteiger partial charge in [-0.05, 0) is 13.8 Å². The smallest absolute Gasteiger partial charge is 0.179 e. The van der Waals surface area contributed by atoms with E-state index in [9.17, 15) is 0 Å². The Morgan fingerprint density at radius 1 is 1.78 bits per heavy atom. The average molecular weight is 151 g/mol. The fourth-order valence-corrected chi connectivity index (χ4v) is 0.997. The molecule has 1 fully saturated rings. The zero-order valence-electron chi connectivity index (χ0n) is 5.69. The molecule has 1 aliphatic heterocycles. The molecular weight excluding hydrogens is 140 g/mol. The summed E-state index contributed by atoms with van der Waals surface area (Å²) in [6.07, 6.45) is 0.189. The molecule has 0 N–H and O–H groups in total. The zero-order valence-corrected chi connectivity index (χ0v) is 6.44. The molecule has 2 nitrogen and oxygen atoms in total. The number of rotatable bonds is 1. The Kier molecular flexibility index (Phi) is 1.99. The Bertz CT molecular complexity index is 107. The van der Waals surface area contributed by atoms with Gasteiger partial charge < -0.3 is 9.47 Å². The van der Waals surface area contributed by atoms with E-state index < -0.39 is 5.79 Å². The van der Waals surface area contributed by atoms with E-state index in [2.05, 4.69) is 0 Å². The summed E-state index contributed by atoms with van der Waals surface area (Å²) in [5, 5.41) is 0. The second kappa shape index (κ2) is 2.45. The van der Waals surface area contributed by atoms with Gasteiger partial charge in [-0.25, -0.2) is 0 Å². The third kappa shape index (κ3) is 1.57. The van der Waals surface area contributed by atoms with Gasteiger partial charge in [-0.2, -0.15) is 0 Å². The topological polar surface area (TPSA) is 18.5 Å². The fourth-order valence-electron chi connectivity index (χ4n) is 0.857. The summed E-state index contributed by atoms with van der Waals surface area (Å²) >= 11 is 5.56. The lowest BCUT2D eigenvalue weighted by Gasteiger charge is -2.18. The maximum atomic E-state index is 5.56. The van der Waals surface area contributed by atoms with E-state index in [0.29, 0.717) is 12.5 Å². The van der Waals surface area contributed by atoms with E-state index in [1.165, 1.54) is 0 Å². The highest BCUT2D eigenvalue weighted by Gasteiger charge is 2.33. The molecule has 0 radical (unpaired) electrons. The molecule has 0 amide bonds. The molecule has 1 saturated heterocycles. The van der Waals surface area contributed by atoms with Crippen molar-refractivity contribution in [2.24, 2.45) is 0 Å². The highest BCUT2D eigenvalue weighted by atomic mass is 35.5. The second-order valence-electron chi connectivity index (χ2n) is 2.51. The zero-order chi connectivity index (χ0) is 6.91. The van der Waals surface area contributed by atoms with Crippen LogP contribution in [0.5, 0.6) is 0 Å².